The van der Waals surface area contributed by atoms with Crippen molar-refractivity contribution < 1.29 is 9.47 Å². The quantitative estimate of drug-likeness (QED) is 0.928. The van der Waals surface area contributed by atoms with E-state index in [1.807, 2.05) is 25.1 Å². The molecule has 0 radical (unpaired) electrons. The smallest absolute Gasteiger partial charge is 0.322 e. The Morgan fingerprint density at radius 2 is 1.89 bits per heavy atom. The highest BCUT2D eigenvalue weighted by Gasteiger charge is 2.08. The highest BCUT2D eigenvalue weighted by molar-refractivity contribution is 6.28. The Morgan fingerprint density at radius 3 is 2.58 bits per heavy atom. The molecule has 0 fully saturated rings. The van der Waals surface area contributed by atoms with Gasteiger partial charge in [-0.1, -0.05) is 6.07 Å². The number of hydrogen-bond donors (Lipinski definition) is 1. The summed E-state index contributed by atoms with van der Waals surface area (Å²) in [7, 11) is 3.06. The van der Waals surface area contributed by atoms with Crippen LogP contribution in [0.25, 0.3) is 0 Å². The first kappa shape index (κ1) is 13.4. The van der Waals surface area contributed by atoms with Gasteiger partial charge in [-0.2, -0.15) is 15.0 Å². The van der Waals surface area contributed by atoms with Crippen molar-refractivity contribution in [2.45, 2.75) is 6.92 Å². The van der Waals surface area contributed by atoms with Gasteiger partial charge in [-0.3, -0.25) is 0 Å². The summed E-state index contributed by atoms with van der Waals surface area (Å²) in [6.07, 6.45) is 0. The summed E-state index contributed by atoms with van der Waals surface area (Å²) in [5, 5.41) is 3.08. The van der Waals surface area contributed by atoms with Gasteiger partial charge in [0.15, 0.2) is 0 Å². The van der Waals surface area contributed by atoms with Crippen molar-refractivity contribution in [3.8, 4) is 11.8 Å². The molecule has 19 heavy (non-hydrogen) atoms. The van der Waals surface area contributed by atoms with E-state index in [0.717, 1.165) is 11.3 Å². The lowest BCUT2D eigenvalue weighted by Gasteiger charge is -2.11. The van der Waals surface area contributed by atoms with Crippen LogP contribution >= 0.6 is 11.6 Å². The van der Waals surface area contributed by atoms with Crippen molar-refractivity contribution in [2.75, 3.05) is 19.5 Å². The van der Waals surface area contributed by atoms with Crippen LogP contribution in [0.5, 0.6) is 11.8 Å². The summed E-state index contributed by atoms with van der Waals surface area (Å²) < 4.78 is 10.2. The number of hydrogen-bond acceptors (Lipinski definition) is 6. The van der Waals surface area contributed by atoms with Gasteiger partial charge >= 0.3 is 6.01 Å². The SMILES string of the molecule is COc1nc(Cl)nc(Nc2cc(C)ccc2OC)n1. The van der Waals surface area contributed by atoms with Gasteiger partial charge in [0.1, 0.15) is 5.75 Å². The molecule has 2 rings (SSSR count). The minimum absolute atomic E-state index is 0.0565. The standard InChI is InChI=1S/C12H13ClN4O2/c1-7-4-5-9(18-2)8(6-7)14-11-15-10(13)16-12(17-11)19-3/h4-6H,1-3H3,(H,14,15,16,17). The third kappa shape index (κ3) is 3.23. The van der Waals surface area contributed by atoms with Crippen LogP contribution in [-0.4, -0.2) is 29.2 Å². The molecule has 1 N–H and O–H groups in total. The van der Waals surface area contributed by atoms with E-state index < -0.39 is 0 Å². The lowest BCUT2D eigenvalue weighted by molar-refractivity contribution is 0.379. The topological polar surface area (TPSA) is 69.2 Å². The molecule has 7 heteroatoms. The van der Waals surface area contributed by atoms with Crippen LogP contribution in [0.3, 0.4) is 0 Å². The van der Waals surface area contributed by atoms with Gasteiger partial charge in [0.05, 0.1) is 19.9 Å². The van der Waals surface area contributed by atoms with Crippen molar-refractivity contribution in [1.82, 2.24) is 15.0 Å². The summed E-state index contributed by atoms with van der Waals surface area (Å²) in [5.74, 6) is 0.974. The number of rotatable bonds is 4. The van der Waals surface area contributed by atoms with Crippen LogP contribution in [0.4, 0.5) is 11.6 Å². The minimum atomic E-state index is 0.0565. The van der Waals surface area contributed by atoms with E-state index in [0.29, 0.717) is 11.7 Å². The first-order valence-corrected chi connectivity index (χ1v) is 5.87. The first-order valence-electron chi connectivity index (χ1n) is 5.49. The van der Waals surface area contributed by atoms with Crippen molar-refractivity contribution in [1.29, 1.82) is 0 Å². The average Bonchev–Trinajstić information content (AvgIpc) is 2.38. The van der Waals surface area contributed by atoms with E-state index in [1.54, 1.807) is 7.11 Å². The van der Waals surface area contributed by atoms with Crippen molar-refractivity contribution >= 4 is 23.2 Å². The normalized spacial score (nSPS) is 10.1. The molecule has 0 saturated heterocycles. The first-order chi connectivity index (χ1) is 9.12. The van der Waals surface area contributed by atoms with Gasteiger partial charge in [0.25, 0.3) is 0 Å². The number of methoxy groups -OCH3 is 2. The Balaban J connectivity index is 2.35. The predicted octanol–water partition coefficient (Wildman–Crippen LogP) is 2.59. The van der Waals surface area contributed by atoms with Crippen LogP contribution in [0.1, 0.15) is 5.56 Å². The van der Waals surface area contributed by atoms with E-state index in [-0.39, 0.29) is 11.3 Å². The summed E-state index contributed by atoms with van der Waals surface area (Å²) in [4.78, 5) is 11.8. The van der Waals surface area contributed by atoms with Gasteiger partial charge in [-0.25, -0.2) is 0 Å². The third-order valence-corrected chi connectivity index (χ3v) is 2.54. The number of aryl methyl sites for hydroxylation is 1. The molecule has 0 aliphatic rings. The van der Waals surface area contributed by atoms with Crippen molar-refractivity contribution in [2.24, 2.45) is 0 Å². The highest BCUT2D eigenvalue weighted by atomic mass is 35.5. The zero-order chi connectivity index (χ0) is 13.8. The Labute approximate surface area is 115 Å². The summed E-state index contributed by atoms with van der Waals surface area (Å²) in [6.45, 7) is 1.98. The lowest BCUT2D eigenvalue weighted by atomic mass is 10.2. The second-order valence-electron chi connectivity index (χ2n) is 3.74. The Morgan fingerprint density at radius 1 is 1.11 bits per heavy atom. The fraction of sp³-hybridized carbons (Fsp3) is 0.250. The number of anilines is 2. The lowest BCUT2D eigenvalue weighted by Crippen LogP contribution is -2.03. The fourth-order valence-electron chi connectivity index (χ4n) is 1.52. The number of nitrogens with zero attached hydrogens (tertiary/aromatic N) is 3. The van der Waals surface area contributed by atoms with E-state index in [9.17, 15) is 0 Å². The van der Waals surface area contributed by atoms with Gasteiger partial charge in [0, 0.05) is 0 Å². The second kappa shape index (κ2) is 5.71. The summed E-state index contributed by atoms with van der Waals surface area (Å²) in [5.41, 5.74) is 1.82. The summed E-state index contributed by atoms with van der Waals surface area (Å²) >= 11 is 5.79. The molecule has 0 unspecified atom stereocenters. The molecular weight excluding hydrogens is 268 g/mol. The molecule has 0 aliphatic carbocycles. The monoisotopic (exact) mass is 280 g/mol. The zero-order valence-corrected chi connectivity index (χ0v) is 11.5. The van der Waals surface area contributed by atoms with E-state index >= 15 is 0 Å². The van der Waals surface area contributed by atoms with Gasteiger partial charge in [-0.15, -0.1) is 0 Å². The van der Waals surface area contributed by atoms with Gasteiger partial charge in [-0.05, 0) is 36.2 Å². The zero-order valence-electron chi connectivity index (χ0n) is 10.8. The Hall–Kier alpha value is -2.08. The number of benzene rings is 1. The van der Waals surface area contributed by atoms with E-state index in [4.69, 9.17) is 21.1 Å². The average molecular weight is 281 g/mol. The maximum Gasteiger partial charge on any atom is 0.322 e. The molecule has 6 nitrogen and oxygen atoms in total. The number of ether oxygens (including phenoxy) is 2. The second-order valence-corrected chi connectivity index (χ2v) is 4.08. The maximum absolute atomic E-state index is 5.79. The molecule has 0 spiro atoms. The van der Waals surface area contributed by atoms with Crippen LogP contribution in [-0.2, 0) is 0 Å². The Kier molecular flexibility index (Phi) is 4.01. The number of aromatic nitrogens is 3. The molecule has 1 aromatic carbocycles. The molecule has 1 aromatic heterocycles. The molecule has 0 atom stereocenters. The van der Waals surface area contributed by atoms with Crippen LogP contribution < -0.4 is 14.8 Å². The molecule has 100 valence electrons. The van der Waals surface area contributed by atoms with E-state index in [1.165, 1.54) is 7.11 Å². The molecule has 2 aromatic rings. The molecule has 0 bridgehead atoms. The molecule has 1 heterocycles. The van der Waals surface area contributed by atoms with Crippen LogP contribution in [0, 0.1) is 6.92 Å². The van der Waals surface area contributed by atoms with Gasteiger partial charge in [0.2, 0.25) is 11.2 Å². The maximum atomic E-state index is 5.79. The van der Waals surface area contributed by atoms with Crippen molar-refractivity contribution in [3.05, 3.63) is 29.0 Å². The largest absolute Gasteiger partial charge is 0.495 e. The molecule has 0 saturated carbocycles. The summed E-state index contributed by atoms with van der Waals surface area (Å²) in [6, 6.07) is 5.88. The number of nitrogens with one attached hydrogen (secondary N) is 1. The predicted molar refractivity (Wildman–Crippen MR) is 72.4 cm³/mol. The molecule has 0 aliphatic heterocycles. The molecule has 0 amide bonds. The Bertz CT molecular complexity index is 592. The van der Waals surface area contributed by atoms with Crippen molar-refractivity contribution in [3.63, 3.8) is 0 Å². The van der Waals surface area contributed by atoms with Crippen LogP contribution in [0.15, 0.2) is 18.2 Å². The van der Waals surface area contributed by atoms with E-state index in [2.05, 4.69) is 20.3 Å². The van der Waals surface area contributed by atoms with Gasteiger partial charge < -0.3 is 14.8 Å². The third-order valence-electron chi connectivity index (χ3n) is 2.37. The fourth-order valence-corrected chi connectivity index (χ4v) is 1.67. The van der Waals surface area contributed by atoms with Crippen LogP contribution in [0.2, 0.25) is 5.28 Å². The highest BCUT2D eigenvalue weighted by Crippen LogP contribution is 2.27. The minimum Gasteiger partial charge on any atom is -0.495 e. The number of halogens is 1. The molecular formula is C12H13ClN4O2.